The molecule has 0 spiro atoms. The van der Waals surface area contributed by atoms with E-state index in [2.05, 4.69) is 29.4 Å². The van der Waals surface area contributed by atoms with Crippen LogP contribution in [0.5, 0.6) is 0 Å². The van der Waals surface area contributed by atoms with Crippen molar-refractivity contribution in [3.63, 3.8) is 0 Å². The van der Waals surface area contributed by atoms with Crippen LogP contribution in [0.4, 0.5) is 8.78 Å². The molecule has 2 atom stereocenters. The molecule has 1 fully saturated rings. The topological polar surface area (TPSA) is 61.4 Å². The van der Waals surface area contributed by atoms with Crippen molar-refractivity contribution in [2.24, 2.45) is 11.8 Å². The van der Waals surface area contributed by atoms with Crippen molar-refractivity contribution < 1.29 is 18.4 Å². The van der Waals surface area contributed by atoms with Gasteiger partial charge >= 0.3 is 0 Å². The summed E-state index contributed by atoms with van der Waals surface area (Å²) in [6.45, 7) is 7.93. The predicted octanol–water partition coefficient (Wildman–Crippen LogP) is 2.18. The number of likely N-dealkylation sites (tertiary alicyclic amines) is 1. The highest BCUT2D eigenvalue weighted by Gasteiger charge is 2.21. The van der Waals surface area contributed by atoms with Crippen LogP contribution in [0.25, 0.3) is 0 Å². The van der Waals surface area contributed by atoms with Crippen molar-refractivity contribution in [1.29, 1.82) is 0 Å². The van der Waals surface area contributed by atoms with Crippen molar-refractivity contribution >= 4 is 11.8 Å². The standard InChI is InChI=1S/C19H27F2N3O2/c1-13-8-14(2)12-24(11-13)7-3-6-22-18(25)10-23-19(26)16-5-4-15(20)9-17(16)21/h4-5,9,13-14H,3,6-8,10-12H2,1-2H3,(H,22,25)(H,23,26). The lowest BCUT2D eigenvalue weighted by Gasteiger charge is -2.34. The first kappa shape index (κ1) is 20.3. The first-order valence-corrected chi connectivity index (χ1v) is 9.07. The fourth-order valence-electron chi connectivity index (χ4n) is 3.50. The number of amides is 2. The summed E-state index contributed by atoms with van der Waals surface area (Å²) < 4.78 is 26.3. The lowest BCUT2D eigenvalue weighted by molar-refractivity contribution is -0.120. The quantitative estimate of drug-likeness (QED) is 0.726. The summed E-state index contributed by atoms with van der Waals surface area (Å²) in [5.74, 6) is -1.37. The van der Waals surface area contributed by atoms with Gasteiger partial charge in [-0.1, -0.05) is 13.8 Å². The third kappa shape index (κ3) is 6.37. The SMILES string of the molecule is CC1CC(C)CN(CCCNC(=O)CNC(=O)c2ccc(F)cc2F)C1. The lowest BCUT2D eigenvalue weighted by atomic mass is 9.92. The smallest absolute Gasteiger partial charge is 0.254 e. The molecule has 1 aromatic rings. The number of nitrogens with zero attached hydrogens (tertiary/aromatic N) is 1. The number of carbonyl (C=O) groups excluding carboxylic acids is 2. The third-order valence-electron chi connectivity index (χ3n) is 4.50. The van der Waals surface area contributed by atoms with Gasteiger partial charge in [-0.15, -0.1) is 0 Å². The minimum absolute atomic E-state index is 0.243. The third-order valence-corrected chi connectivity index (χ3v) is 4.50. The number of piperidine rings is 1. The van der Waals surface area contributed by atoms with Crippen molar-refractivity contribution in [3.8, 4) is 0 Å². The zero-order chi connectivity index (χ0) is 19.1. The molecule has 5 nitrogen and oxygen atoms in total. The number of hydrogen-bond donors (Lipinski definition) is 2. The average Bonchev–Trinajstić information content (AvgIpc) is 2.56. The van der Waals surface area contributed by atoms with E-state index < -0.39 is 17.5 Å². The predicted molar refractivity (Wildman–Crippen MR) is 95.7 cm³/mol. The minimum Gasteiger partial charge on any atom is -0.355 e. The Labute approximate surface area is 153 Å². The number of rotatable bonds is 7. The highest BCUT2D eigenvalue weighted by Crippen LogP contribution is 2.20. The maximum Gasteiger partial charge on any atom is 0.254 e. The number of benzene rings is 1. The Morgan fingerprint density at radius 3 is 2.50 bits per heavy atom. The largest absolute Gasteiger partial charge is 0.355 e. The molecule has 1 heterocycles. The first-order valence-electron chi connectivity index (χ1n) is 9.07. The van der Waals surface area contributed by atoms with Crippen LogP contribution < -0.4 is 10.6 Å². The number of carbonyl (C=O) groups is 2. The normalized spacial score (nSPS) is 20.6. The summed E-state index contributed by atoms with van der Waals surface area (Å²) in [6.07, 6.45) is 2.10. The highest BCUT2D eigenvalue weighted by atomic mass is 19.1. The molecule has 2 unspecified atom stereocenters. The first-order chi connectivity index (χ1) is 12.3. The van der Waals surface area contributed by atoms with Gasteiger partial charge in [-0.05, 0) is 43.4 Å². The van der Waals surface area contributed by atoms with Gasteiger partial charge in [0.15, 0.2) is 0 Å². The Kier molecular flexibility index (Phi) is 7.50. The van der Waals surface area contributed by atoms with Crippen LogP contribution in [-0.4, -0.2) is 49.4 Å². The molecule has 0 radical (unpaired) electrons. The van der Waals surface area contributed by atoms with Crippen LogP contribution >= 0.6 is 0 Å². The van der Waals surface area contributed by atoms with Crippen LogP contribution in [0.2, 0.25) is 0 Å². The Balaban J connectivity index is 1.63. The molecule has 1 aromatic carbocycles. The second kappa shape index (κ2) is 9.62. The van der Waals surface area contributed by atoms with Gasteiger partial charge in [0.2, 0.25) is 5.91 Å². The van der Waals surface area contributed by atoms with Crippen molar-refractivity contribution in [2.45, 2.75) is 26.7 Å². The summed E-state index contributed by atoms with van der Waals surface area (Å²) in [7, 11) is 0. The van der Waals surface area contributed by atoms with Crippen LogP contribution in [0.15, 0.2) is 18.2 Å². The molecule has 0 aliphatic carbocycles. The molecule has 1 aliphatic heterocycles. The molecule has 2 N–H and O–H groups in total. The van der Waals surface area contributed by atoms with E-state index in [4.69, 9.17) is 0 Å². The summed E-state index contributed by atoms with van der Waals surface area (Å²) in [5.41, 5.74) is -0.285. The van der Waals surface area contributed by atoms with Gasteiger partial charge in [0.25, 0.3) is 5.91 Å². The Morgan fingerprint density at radius 1 is 1.15 bits per heavy atom. The van der Waals surface area contributed by atoms with Gasteiger partial charge in [-0.25, -0.2) is 8.78 Å². The second-order valence-corrected chi connectivity index (χ2v) is 7.22. The summed E-state index contributed by atoms with van der Waals surface area (Å²) in [6, 6.07) is 2.69. The van der Waals surface area contributed by atoms with Crippen molar-refractivity contribution in [1.82, 2.24) is 15.5 Å². The zero-order valence-electron chi connectivity index (χ0n) is 15.4. The average molecular weight is 367 g/mol. The Morgan fingerprint density at radius 2 is 1.85 bits per heavy atom. The molecule has 144 valence electrons. The van der Waals surface area contributed by atoms with Crippen molar-refractivity contribution in [3.05, 3.63) is 35.4 Å². The van der Waals surface area contributed by atoms with E-state index in [-0.39, 0.29) is 18.0 Å². The van der Waals surface area contributed by atoms with E-state index in [1.165, 1.54) is 6.42 Å². The van der Waals surface area contributed by atoms with Crippen LogP contribution in [0.3, 0.4) is 0 Å². The molecule has 0 saturated carbocycles. The fraction of sp³-hybridized carbons (Fsp3) is 0.579. The van der Waals surface area contributed by atoms with Gasteiger partial charge in [-0.3, -0.25) is 9.59 Å². The molecule has 7 heteroatoms. The number of hydrogen-bond acceptors (Lipinski definition) is 3. The molecule has 26 heavy (non-hydrogen) atoms. The Bertz CT molecular complexity index is 629. The molecular formula is C19H27F2N3O2. The van der Waals surface area contributed by atoms with Gasteiger partial charge in [0.05, 0.1) is 12.1 Å². The van der Waals surface area contributed by atoms with E-state index in [1.54, 1.807) is 0 Å². The second-order valence-electron chi connectivity index (χ2n) is 7.22. The molecular weight excluding hydrogens is 340 g/mol. The maximum atomic E-state index is 13.5. The van der Waals surface area contributed by atoms with Gasteiger partial charge < -0.3 is 15.5 Å². The highest BCUT2D eigenvalue weighted by molar-refractivity contribution is 5.96. The minimum atomic E-state index is -0.951. The van der Waals surface area contributed by atoms with E-state index in [1.807, 2.05) is 0 Å². The van der Waals surface area contributed by atoms with E-state index in [0.717, 1.165) is 38.2 Å². The summed E-state index contributed by atoms with van der Waals surface area (Å²) >= 11 is 0. The van der Waals surface area contributed by atoms with Crippen LogP contribution in [-0.2, 0) is 4.79 Å². The zero-order valence-corrected chi connectivity index (χ0v) is 15.4. The number of halogens is 2. The monoisotopic (exact) mass is 367 g/mol. The molecule has 2 amide bonds. The lowest BCUT2D eigenvalue weighted by Crippen LogP contribution is -2.41. The Hall–Kier alpha value is -2.02. The van der Waals surface area contributed by atoms with Crippen molar-refractivity contribution in [2.75, 3.05) is 32.7 Å². The van der Waals surface area contributed by atoms with Gasteiger partial charge in [-0.2, -0.15) is 0 Å². The molecule has 1 aliphatic rings. The summed E-state index contributed by atoms with van der Waals surface area (Å²) in [4.78, 5) is 26.0. The molecule has 0 aromatic heterocycles. The molecule has 1 saturated heterocycles. The molecule has 2 rings (SSSR count). The van der Waals surface area contributed by atoms with E-state index >= 15 is 0 Å². The number of nitrogens with one attached hydrogen (secondary N) is 2. The van der Waals surface area contributed by atoms with Crippen LogP contribution in [0.1, 0.15) is 37.0 Å². The van der Waals surface area contributed by atoms with Crippen LogP contribution in [0, 0.1) is 23.5 Å². The molecule has 0 bridgehead atoms. The summed E-state index contributed by atoms with van der Waals surface area (Å²) in [5, 5.41) is 5.08. The van der Waals surface area contributed by atoms with E-state index in [0.29, 0.717) is 24.4 Å². The van der Waals surface area contributed by atoms with E-state index in [9.17, 15) is 18.4 Å². The van der Waals surface area contributed by atoms with Gasteiger partial charge in [0, 0.05) is 25.7 Å². The maximum absolute atomic E-state index is 13.5. The fourth-order valence-corrected chi connectivity index (χ4v) is 3.50. The van der Waals surface area contributed by atoms with Gasteiger partial charge in [0.1, 0.15) is 11.6 Å².